The number of tetrazole rings is 1. The van der Waals surface area contributed by atoms with Crippen LogP contribution < -0.4 is 5.73 Å². The maximum atomic E-state index is 6.29. The second-order valence-corrected chi connectivity index (χ2v) is 6.53. The van der Waals surface area contributed by atoms with E-state index < -0.39 is 0 Å². The molecule has 106 valence electrons. The summed E-state index contributed by atoms with van der Waals surface area (Å²) in [6, 6.07) is 10.9. The molecule has 0 saturated heterocycles. The van der Waals surface area contributed by atoms with Crippen molar-refractivity contribution >= 4 is 11.8 Å². The van der Waals surface area contributed by atoms with Gasteiger partial charge in [0, 0.05) is 18.3 Å². The highest BCUT2D eigenvalue weighted by Gasteiger charge is 2.30. The standard InChI is InChI=1S/C14H19N5S/c1-19-14(16-17-18-19)20-13-9-11(7-8-12(13)15)10-5-3-2-4-6-10/h2-6,11-13H,7-9,15H2,1H3. The molecule has 1 aromatic carbocycles. The summed E-state index contributed by atoms with van der Waals surface area (Å²) >= 11 is 1.71. The molecule has 1 aromatic heterocycles. The molecule has 0 bridgehead atoms. The van der Waals surface area contributed by atoms with Crippen LogP contribution in [0.25, 0.3) is 0 Å². The maximum absolute atomic E-state index is 6.29. The third-order valence-electron chi connectivity index (χ3n) is 3.95. The summed E-state index contributed by atoms with van der Waals surface area (Å²) in [7, 11) is 1.87. The van der Waals surface area contributed by atoms with Gasteiger partial charge >= 0.3 is 0 Å². The molecule has 1 heterocycles. The molecule has 5 nitrogen and oxygen atoms in total. The van der Waals surface area contributed by atoms with Gasteiger partial charge in [-0.3, -0.25) is 0 Å². The van der Waals surface area contributed by atoms with E-state index in [1.165, 1.54) is 12.0 Å². The minimum absolute atomic E-state index is 0.219. The number of rotatable bonds is 3. The normalized spacial score (nSPS) is 26.6. The molecule has 0 aliphatic heterocycles. The predicted molar refractivity (Wildman–Crippen MR) is 79.5 cm³/mol. The van der Waals surface area contributed by atoms with Crippen molar-refractivity contribution < 1.29 is 0 Å². The van der Waals surface area contributed by atoms with Crippen LogP contribution in [0.3, 0.4) is 0 Å². The Balaban J connectivity index is 1.72. The molecule has 1 aliphatic carbocycles. The number of hydrogen-bond donors (Lipinski definition) is 1. The van der Waals surface area contributed by atoms with Gasteiger partial charge in [0.2, 0.25) is 5.16 Å². The Labute approximate surface area is 122 Å². The molecule has 3 atom stereocenters. The second kappa shape index (κ2) is 5.93. The average Bonchev–Trinajstić information content (AvgIpc) is 2.88. The van der Waals surface area contributed by atoms with Gasteiger partial charge in [-0.15, -0.1) is 5.10 Å². The molecule has 2 aromatic rings. The lowest BCUT2D eigenvalue weighted by molar-refractivity contribution is 0.405. The first-order valence-electron chi connectivity index (χ1n) is 6.93. The molecule has 1 aliphatic rings. The van der Waals surface area contributed by atoms with E-state index in [9.17, 15) is 0 Å². The van der Waals surface area contributed by atoms with E-state index in [-0.39, 0.29) is 6.04 Å². The Bertz CT molecular complexity index is 556. The van der Waals surface area contributed by atoms with Gasteiger partial charge in [-0.05, 0) is 41.2 Å². The zero-order chi connectivity index (χ0) is 13.9. The summed E-state index contributed by atoms with van der Waals surface area (Å²) in [5, 5.41) is 12.8. The van der Waals surface area contributed by atoms with Gasteiger partial charge in [0.25, 0.3) is 0 Å². The van der Waals surface area contributed by atoms with Gasteiger partial charge in [-0.1, -0.05) is 42.1 Å². The van der Waals surface area contributed by atoms with Crippen LogP contribution in [0, 0.1) is 0 Å². The molecule has 3 unspecified atom stereocenters. The van der Waals surface area contributed by atoms with Crippen LogP contribution in [0.5, 0.6) is 0 Å². The first-order chi connectivity index (χ1) is 9.74. The first-order valence-corrected chi connectivity index (χ1v) is 7.81. The Hall–Kier alpha value is -1.40. The molecule has 0 spiro atoms. The van der Waals surface area contributed by atoms with E-state index in [1.54, 1.807) is 16.4 Å². The predicted octanol–water partition coefficient (Wildman–Crippen LogP) is 1.97. The maximum Gasteiger partial charge on any atom is 0.209 e. The molecule has 1 saturated carbocycles. The van der Waals surface area contributed by atoms with Crippen LogP contribution in [-0.4, -0.2) is 31.5 Å². The summed E-state index contributed by atoms with van der Waals surface area (Å²) in [5.74, 6) is 0.592. The fourth-order valence-corrected chi connectivity index (χ4v) is 3.96. The fourth-order valence-electron chi connectivity index (χ4n) is 2.77. The van der Waals surface area contributed by atoms with Crippen LogP contribution in [0.1, 0.15) is 30.7 Å². The van der Waals surface area contributed by atoms with Gasteiger partial charge in [-0.2, -0.15) is 0 Å². The number of thioether (sulfide) groups is 1. The van der Waals surface area contributed by atoms with E-state index in [1.807, 2.05) is 7.05 Å². The number of hydrogen-bond acceptors (Lipinski definition) is 5. The lowest BCUT2D eigenvalue weighted by Crippen LogP contribution is -2.38. The number of benzene rings is 1. The highest BCUT2D eigenvalue weighted by molar-refractivity contribution is 7.99. The van der Waals surface area contributed by atoms with Gasteiger partial charge in [-0.25, -0.2) is 4.68 Å². The van der Waals surface area contributed by atoms with Crippen molar-refractivity contribution in [2.45, 2.75) is 41.6 Å². The Morgan fingerprint density at radius 1 is 1.25 bits per heavy atom. The summed E-state index contributed by atoms with van der Waals surface area (Å²) in [5.41, 5.74) is 7.70. The van der Waals surface area contributed by atoms with Crippen molar-refractivity contribution in [3.63, 3.8) is 0 Å². The SMILES string of the molecule is Cn1nnnc1SC1CC(c2ccccc2)CCC1N. The van der Waals surface area contributed by atoms with Crippen molar-refractivity contribution in [2.24, 2.45) is 12.8 Å². The molecule has 2 N–H and O–H groups in total. The van der Waals surface area contributed by atoms with Gasteiger partial charge < -0.3 is 5.73 Å². The summed E-state index contributed by atoms with van der Waals surface area (Å²) < 4.78 is 1.71. The summed E-state index contributed by atoms with van der Waals surface area (Å²) in [4.78, 5) is 0. The van der Waals surface area contributed by atoms with Crippen LogP contribution in [0.4, 0.5) is 0 Å². The highest BCUT2D eigenvalue weighted by Crippen LogP contribution is 2.39. The fraction of sp³-hybridized carbons (Fsp3) is 0.500. The zero-order valence-corrected chi connectivity index (χ0v) is 12.3. The molecular formula is C14H19N5S. The molecule has 1 fully saturated rings. The summed E-state index contributed by atoms with van der Waals surface area (Å²) in [6.45, 7) is 0. The molecule has 0 amide bonds. The van der Waals surface area contributed by atoms with Crippen LogP contribution in [0.2, 0.25) is 0 Å². The topological polar surface area (TPSA) is 69.6 Å². The van der Waals surface area contributed by atoms with E-state index in [2.05, 4.69) is 45.9 Å². The molecule has 0 radical (unpaired) electrons. The van der Waals surface area contributed by atoms with Crippen molar-refractivity contribution in [2.75, 3.05) is 0 Å². The smallest absolute Gasteiger partial charge is 0.209 e. The monoisotopic (exact) mass is 289 g/mol. The molecule has 6 heteroatoms. The second-order valence-electron chi connectivity index (χ2n) is 5.33. The summed E-state index contributed by atoms with van der Waals surface area (Å²) in [6.07, 6.45) is 3.31. The van der Waals surface area contributed by atoms with Crippen molar-refractivity contribution in [1.82, 2.24) is 20.2 Å². The average molecular weight is 289 g/mol. The minimum atomic E-state index is 0.219. The number of aryl methyl sites for hydroxylation is 1. The van der Waals surface area contributed by atoms with Crippen molar-refractivity contribution in [3.8, 4) is 0 Å². The van der Waals surface area contributed by atoms with E-state index >= 15 is 0 Å². The largest absolute Gasteiger partial charge is 0.327 e. The highest BCUT2D eigenvalue weighted by atomic mass is 32.2. The number of nitrogens with two attached hydrogens (primary N) is 1. The molecular weight excluding hydrogens is 270 g/mol. The zero-order valence-electron chi connectivity index (χ0n) is 11.5. The van der Waals surface area contributed by atoms with Gasteiger partial charge in [0.1, 0.15) is 0 Å². The quantitative estimate of drug-likeness (QED) is 0.935. The van der Waals surface area contributed by atoms with Crippen molar-refractivity contribution in [3.05, 3.63) is 35.9 Å². The Kier molecular flexibility index (Phi) is 4.03. The lowest BCUT2D eigenvalue weighted by Gasteiger charge is -2.33. The number of nitrogens with zero attached hydrogens (tertiary/aromatic N) is 4. The number of aromatic nitrogens is 4. The van der Waals surface area contributed by atoms with Crippen LogP contribution in [-0.2, 0) is 7.05 Å². The molecule has 20 heavy (non-hydrogen) atoms. The first kappa shape index (κ1) is 13.6. The third-order valence-corrected chi connectivity index (χ3v) is 5.35. The third kappa shape index (κ3) is 2.86. The molecule has 3 rings (SSSR count). The van der Waals surface area contributed by atoms with Gasteiger partial charge in [0.05, 0.1) is 0 Å². The lowest BCUT2D eigenvalue weighted by atomic mass is 9.82. The Morgan fingerprint density at radius 3 is 2.75 bits per heavy atom. The van der Waals surface area contributed by atoms with E-state index in [0.717, 1.165) is 18.0 Å². The van der Waals surface area contributed by atoms with E-state index in [0.29, 0.717) is 11.2 Å². The van der Waals surface area contributed by atoms with Gasteiger partial charge in [0.15, 0.2) is 0 Å². The van der Waals surface area contributed by atoms with Crippen LogP contribution in [0.15, 0.2) is 35.5 Å². The minimum Gasteiger partial charge on any atom is -0.327 e. The van der Waals surface area contributed by atoms with Crippen molar-refractivity contribution in [1.29, 1.82) is 0 Å². The Morgan fingerprint density at radius 2 is 2.05 bits per heavy atom. The van der Waals surface area contributed by atoms with E-state index in [4.69, 9.17) is 5.73 Å². The van der Waals surface area contributed by atoms with Crippen LogP contribution >= 0.6 is 11.8 Å².